The SMILES string of the molecule is Cc1ccc(N)c(C)c1S(=O)(=O)N1CCCN(C)C(=O)C1. The molecule has 1 heterocycles. The minimum Gasteiger partial charge on any atom is -0.398 e. The maximum absolute atomic E-state index is 12.9. The van der Waals surface area contributed by atoms with E-state index in [1.54, 1.807) is 37.9 Å². The highest BCUT2D eigenvalue weighted by Gasteiger charge is 2.32. The van der Waals surface area contributed by atoms with Gasteiger partial charge in [-0.25, -0.2) is 8.42 Å². The molecule has 2 N–H and O–H groups in total. The van der Waals surface area contributed by atoms with Gasteiger partial charge in [-0.3, -0.25) is 4.79 Å². The van der Waals surface area contributed by atoms with Crippen LogP contribution in [0, 0.1) is 13.8 Å². The zero-order chi connectivity index (χ0) is 15.8. The first-order chi connectivity index (χ1) is 9.75. The van der Waals surface area contributed by atoms with Crippen molar-refractivity contribution in [1.82, 2.24) is 9.21 Å². The molecule has 0 atom stereocenters. The Morgan fingerprint density at radius 3 is 2.52 bits per heavy atom. The van der Waals surface area contributed by atoms with Gasteiger partial charge in [-0.1, -0.05) is 6.07 Å². The Bertz CT molecular complexity index is 670. The number of hydrogen-bond acceptors (Lipinski definition) is 4. The lowest BCUT2D eigenvalue weighted by atomic mass is 10.1. The minimum absolute atomic E-state index is 0.119. The van der Waals surface area contributed by atoms with E-state index < -0.39 is 10.0 Å². The molecule has 1 fully saturated rings. The minimum atomic E-state index is -3.72. The molecule has 1 saturated heterocycles. The molecule has 0 spiro atoms. The van der Waals surface area contributed by atoms with E-state index >= 15 is 0 Å². The molecule has 1 aromatic carbocycles. The molecular weight excluding hydrogens is 290 g/mol. The molecule has 1 aliphatic heterocycles. The van der Waals surface area contributed by atoms with Crippen molar-refractivity contribution in [3.8, 4) is 0 Å². The summed E-state index contributed by atoms with van der Waals surface area (Å²) in [4.78, 5) is 13.7. The van der Waals surface area contributed by atoms with Crippen LogP contribution in [-0.2, 0) is 14.8 Å². The molecule has 21 heavy (non-hydrogen) atoms. The van der Waals surface area contributed by atoms with Crippen LogP contribution in [0.15, 0.2) is 17.0 Å². The van der Waals surface area contributed by atoms with Crippen LogP contribution in [0.2, 0.25) is 0 Å². The fourth-order valence-corrected chi connectivity index (χ4v) is 4.42. The number of nitrogens with two attached hydrogens (primary N) is 1. The summed E-state index contributed by atoms with van der Waals surface area (Å²) in [5.74, 6) is -0.185. The highest BCUT2D eigenvalue weighted by molar-refractivity contribution is 7.89. The topological polar surface area (TPSA) is 83.7 Å². The number of sulfonamides is 1. The maximum atomic E-state index is 12.9. The zero-order valence-corrected chi connectivity index (χ0v) is 13.4. The Morgan fingerprint density at radius 1 is 1.19 bits per heavy atom. The number of aryl methyl sites for hydroxylation is 1. The summed E-state index contributed by atoms with van der Waals surface area (Å²) in [6, 6.07) is 3.39. The summed E-state index contributed by atoms with van der Waals surface area (Å²) in [6.45, 7) is 4.23. The molecule has 6 nitrogen and oxygen atoms in total. The zero-order valence-electron chi connectivity index (χ0n) is 12.6. The molecule has 0 radical (unpaired) electrons. The molecule has 1 aromatic rings. The molecule has 0 unspecified atom stereocenters. The Hall–Kier alpha value is -1.60. The van der Waals surface area contributed by atoms with Crippen LogP contribution in [0.3, 0.4) is 0 Å². The van der Waals surface area contributed by atoms with E-state index in [0.29, 0.717) is 36.3 Å². The summed E-state index contributed by atoms with van der Waals surface area (Å²) < 4.78 is 27.0. The van der Waals surface area contributed by atoms with Gasteiger partial charge in [-0.2, -0.15) is 4.31 Å². The van der Waals surface area contributed by atoms with Crippen LogP contribution < -0.4 is 5.73 Å². The van der Waals surface area contributed by atoms with Crippen LogP contribution in [0.4, 0.5) is 5.69 Å². The van der Waals surface area contributed by atoms with Crippen molar-refractivity contribution >= 4 is 21.6 Å². The number of benzene rings is 1. The fraction of sp³-hybridized carbons (Fsp3) is 0.500. The van der Waals surface area contributed by atoms with Crippen molar-refractivity contribution in [1.29, 1.82) is 0 Å². The molecule has 0 saturated carbocycles. The number of anilines is 1. The average Bonchev–Trinajstić information content (AvgIpc) is 2.57. The summed E-state index contributed by atoms with van der Waals surface area (Å²) in [6.07, 6.45) is 0.627. The van der Waals surface area contributed by atoms with E-state index in [1.807, 2.05) is 0 Å². The molecular formula is C14H21N3O3S. The predicted molar refractivity (Wildman–Crippen MR) is 81.3 cm³/mol. The van der Waals surface area contributed by atoms with Crippen molar-refractivity contribution < 1.29 is 13.2 Å². The molecule has 1 amide bonds. The van der Waals surface area contributed by atoms with E-state index in [9.17, 15) is 13.2 Å². The average molecular weight is 311 g/mol. The maximum Gasteiger partial charge on any atom is 0.244 e. The van der Waals surface area contributed by atoms with Crippen LogP contribution in [0.5, 0.6) is 0 Å². The van der Waals surface area contributed by atoms with Gasteiger partial charge in [0.1, 0.15) is 0 Å². The van der Waals surface area contributed by atoms with Crippen LogP contribution in [0.1, 0.15) is 17.5 Å². The van der Waals surface area contributed by atoms with Crippen molar-refractivity contribution in [2.75, 3.05) is 32.4 Å². The predicted octanol–water partition coefficient (Wildman–Crippen LogP) is 0.738. The third-order valence-corrected chi connectivity index (χ3v) is 6.02. The number of nitrogen functional groups attached to an aromatic ring is 1. The van der Waals surface area contributed by atoms with E-state index in [2.05, 4.69) is 0 Å². The van der Waals surface area contributed by atoms with Crippen molar-refractivity contribution in [2.24, 2.45) is 0 Å². The molecule has 2 rings (SSSR count). The van der Waals surface area contributed by atoms with E-state index in [4.69, 9.17) is 5.73 Å². The third-order valence-electron chi connectivity index (χ3n) is 3.88. The molecule has 0 aromatic heterocycles. The first kappa shape index (κ1) is 15.8. The van der Waals surface area contributed by atoms with Gasteiger partial charge in [-0.15, -0.1) is 0 Å². The number of carbonyl (C=O) groups excluding carboxylic acids is 1. The van der Waals surface area contributed by atoms with E-state index in [0.717, 1.165) is 0 Å². The molecule has 0 bridgehead atoms. The molecule has 7 heteroatoms. The Labute approximate surface area is 125 Å². The first-order valence-electron chi connectivity index (χ1n) is 6.85. The smallest absolute Gasteiger partial charge is 0.244 e. The number of amides is 1. The Kier molecular flexibility index (Phi) is 4.25. The van der Waals surface area contributed by atoms with Crippen LogP contribution in [0.25, 0.3) is 0 Å². The lowest BCUT2D eigenvalue weighted by molar-refractivity contribution is -0.129. The van der Waals surface area contributed by atoms with Crippen LogP contribution >= 0.6 is 0 Å². The van der Waals surface area contributed by atoms with Gasteiger partial charge in [0.05, 0.1) is 11.4 Å². The second-order valence-corrected chi connectivity index (χ2v) is 7.31. The van der Waals surface area contributed by atoms with Gasteiger partial charge < -0.3 is 10.6 Å². The molecule has 0 aliphatic carbocycles. The third kappa shape index (κ3) is 2.89. The number of rotatable bonds is 2. The molecule has 1 aliphatic rings. The standard InChI is InChI=1S/C14H21N3O3S/c1-10-5-6-12(15)11(2)14(10)21(19,20)17-8-4-7-16(3)13(18)9-17/h5-6H,4,7-9,15H2,1-3H3. The largest absolute Gasteiger partial charge is 0.398 e. The highest BCUT2D eigenvalue weighted by atomic mass is 32.2. The quantitative estimate of drug-likeness (QED) is 0.817. The number of hydrogen-bond donors (Lipinski definition) is 1. The Morgan fingerprint density at radius 2 is 1.86 bits per heavy atom. The van der Waals surface area contributed by atoms with Gasteiger partial charge in [0.15, 0.2) is 0 Å². The van der Waals surface area contributed by atoms with Gasteiger partial charge in [-0.05, 0) is 37.5 Å². The molecule has 116 valence electrons. The van der Waals surface area contributed by atoms with Crippen molar-refractivity contribution in [3.05, 3.63) is 23.3 Å². The second-order valence-electron chi connectivity index (χ2n) is 5.43. The summed E-state index contributed by atoms with van der Waals surface area (Å²) >= 11 is 0. The van der Waals surface area contributed by atoms with E-state index in [-0.39, 0.29) is 17.3 Å². The van der Waals surface area contributed by atoms with E-state index in [1.165, 1.54) is 4.31 Å². The number of carbonyl (C=O) groups is 1. The number of nitrogens with zero attached hydrogens (tertiary/aromatic N) is 2. The van der Waals surface area contributed by atoms with Gasteiger partial charge >= 0.3 is 0 Å². The lowest BCUT2D eigenvalue weighted by Gasteiger charge is -2.22. The van der Waals surface area contributed by atoms with Gasteiger partial charge in [0, 0.05) is 25.8 Å². The second kappa shape index (κ2) is 5.65. The van der Waals surface area contributed by atoms with Crippen molar-refractivity contribution in [3.63, 3.8) is 0 Å². The lowest BCUT2D eigenvalue weighted by Crippen LogP contribution is -2.38. The normalized spacial score (nSPS) is 17.9. The fourth-order valence-electron chi connectivity index (χ4n) is 2.53. The summed E-state index contributed by atoms with van der Waals surface area (Å²) in [5.41, 5.74) is 7.47. The van der Waals surface area contributed by atoms with Crippen molar-refractivity contribution in [2.45, 2.75) is 25.2 Å². The number of likely N-dealkylation sites (N-methyl/N-ethyl adjacent to an activating group) is 1. The summed E-state index contributed by atoms with van der Waals surface area (Å²) in [7, 11) is -2.03. The van der Waals surface area contributed by atoms with Gasteiger partial charge in [0.2, 0.25) is 15.9 Å². The van der Waals surface area contributed by atoms with Gasteiger partial charge in [0.25, 0.3) is 0 Å². The first-order valence-corrected chi connectivity index (χ1v) is 8.29. The Balaban J connectivity index is 2.47. The monoisotopic (exact) mass is 311 g/mol. The van der Waals surface area contributed by atoms with Crippen LogP contribution in [-0.4, -0.2) is 50.2 Å². The summed E-state index contributed by atoms with van der Waals surface area (Å²) in [5, 5.41) is 0. The highest BCUT2D eigenvalue weighted by Crippen LogP contribution is 2.28.